The minimum absolute atomic E-state index is 0.188. The molecule has 0 aliphatic heterocycles. The van der Waals surface area contributed by atoms with Crippen LogP contribution in [-0.2, 0) is 5.54 Å². The topological polar surface area (TPSA) is 81.7 Å². The predicted molar refractivity (Wildman–Crippen MR) is 133 cm³/mol. The highest BCUT2D eigenvalue weighted by molar-refractivity contribution is 5.82. The number of hydrogen-bond donors (Lipinski definition) is 2. The number of pyridine rings is 1. The van der Waals surface area contributed by atoms with Crippen LogP contribution in [0.3, 0.4) is 0 Å². The monoisotopic (exact) mass is 452 g/mol. The number of ether oxygens (including phenoxy) is 1. The Morgan fingerprint density at radius 3 is 2.47 bits per heavy atom. The van der Waals surface area contributed by atoms with Gasteiger partial charge >= 0.3 is 6.09 Å². The van der Waals surface area contributed by atoms with Crippen molar-refractivity contribution in [2.24, 2.45) is 11.7 Å². The van der Waals surface area contributed by atoms with E-state index in [1.54, 1.807) is 6.07 Å². The maximum Gasteiger partial charge on any atom is 0.412 e. The largest absolute Gasteiger partial charge is 0.412 e. The summed E-state index contributed by atoms with van der Waals surface area (Å²) in [6, 6.07) is 22.3. The van der Waals surface area contributed by atoms with Crippen LogP contribution in [0.2, 0.25) is 0 Å². The number of imidazole rings is 1. The molecule has 2 saturated carbocycles. The number of aromatic nitrogens is 2. The van der Waals surface area contributed by atoms with Crippen LogP contribution < -0.4 is 15.8 Å². The molecule has 6 nitrogen and oxygen atoms in total. The molecular formula is C28H28N4O2. The molecule has 172 valence electrons. The SMILES string of the molecule is NC1(c2ccc(-c3nc4ccc(OC(=O)NCC5CC5)cn4c3-c3ccccc3)cc2)CCC1. The minimum Gasteiger partial charge on any atom is -0.409 e. The van der Waals surface area contributed by atoms with Crippen LogP contribution >= 0.6 is 0 Å². The fourth-order valence-corrected chi connectivity index (χ4v) is 4.66. The number of hydrogen-bond acceptors (Lipinski definition) is 4. The van der Waals surface area contributed by atoms with E-state index in [-0.39, 0.29) is 5.54 Å². The van der Waals surface area contributed by atoms with Gasteiger partial charge in [0.1, 0.15) is 11.4 Å². The number of nitrogens with two attached hydrogens (primary N) is 1. The van der Waals surface area contributed by atoms with E-state index in [4.69, 9.17) is 15.5 Å². The van der Waals surface area contributed by atoms with Crippen molar-refractivity contribution in [3.8, 4) is 28.3 Å². The second-order valence-corrected chi connectivity index (χ2v) is 9.57. The number of fused-ring (bicyclic) bond motifs is 1. The van der Waals surface area contributed by atoms with E-state index in [9.17, 15) is 4.79 Å². The third-order valence-corrected chi connectivity index (χ3v) is 7.06. The first-order valence-electron chi connectivity index (χ1n) is 12.0. The van der Waals surface area contributed by atoms with Gasteiger partial charge in [-0.25, -0.2) is 9.78 Å². The van der Waals surface area contributed by atoms with E-state index in [1.807, 2.05) is 34.9 Å². The number of nitrogens with zero attached hydrogens (tertiary/aromatic N) is 2. The number of carbonyl (C=O) groups excluding carboxylic acids is 1. The van der Waals surface area contributed by atoms with E-state index < -0.39 is 6.09 Å². The molecule has 6 heteroatoms. The molecule has 0 spiro atoms. The minimum atomic E-state index is -0.421. The van der Waals surface area contributed by atoms with Gasteiger partial charge in [0.05, 0.1) is 17.6 Å². The van der Waals surface area contributed by atoms with Crippen LogP contribution in [-0.4, -0.2) is 22.0 Å². The van der Waals surface area contributed by atoms with Gasteiger partial charge in [-0.2, -0.15) is 0 Å². The maximum atomic E-state index is 12.2. The van der Waals surface area contributed by atoms with Gasteiger partial charge in [-0.3, -0.25) is 4.40 Å². The molecule has 2 fully saturated rings. The Hall–Kier alpha value is -3.64. The highest BCUT2D eigenvalue weighted by Crippen LogP contribution is 2.40. The maximum absolute atomic E-state index is 12.2. The standard InChI is InChI=1S/C28H28N4O2/c29-28(15-4-16-28)22-11-9-20(10-12-22)25-26(21-5-2-1-3-6-21)32-18-23(13-14-24(32)31-25)34-27(33)30-17-19-7-8-19/h1-3,5-6,9-14,18-19H,4,7-8,15-17,29H2,(H,30,33). The lowest BCUT2D eigenvalue weighted by atomic mass is 9.72. The van der Waals surface area contributed by atoms with Crippen molar-refractivity contribution in [3.05, 3.63) is 78.5 Å². The summed E-state index contributed by atoms with van der Waals surface area (Å²) in [7, 11) is 0. The molecule has 1 amide bonds. The van der Waals surface area contributed by atoms with Crippen molar-refractivity contribution in [2.75, 3.05) is 6.54 Å². The third kappa shape index (κ3) is 3.94. The van der Waals surface area contributed by atoms with Gasteiger partial charge in [-0.15, -0.1) is 0 Å². The molecule has 2 aromatic carbocycles. The number of amides is 1. The van der Waals surface area contributed by atoms with E-state index in [1.165, 1.54) is 24.8 Å². The van der Waals surface area contributed by atoms with Crippen LogP contribution in [0.15, 0.2) is 72.9 Å². The third-order valence-electron chi connectivity index (χ3n) is 7.06. The molecule has 4 aromatic rings. The molecule has 0 saturated heterocycles. The molecule has 3 N–H and O–H groups in total. The van der Waals surface area contributed by atoms with Gasteiger partial charge in [0.2, 0.25) is 0 Å². The summed E-state index contributed by atoms with van der Waals surface area (Å²) in [6.45, 7) is 0.672. The van der Waals surface area contributed by atoms with Gasteiger partial charge in [-0.1, -0.05) is 54.6 Å². The molecule has 0 bridgehead atoms. The zero-order valence-electron chi connectivity index (χ0n) is 19.0. The second kappa shape index (κ2) is 8.29. The van der Waals surface area contributed by atoms with Gasteiger partial charge in [0, 0.05) is 23.2 Å². The molecule has 2 aliphatic carbocycles. The quantitative estimate of drug-likeness (QED) is 0.404. The molecule has 34 heavy (non-hydrogen) atoms. The van der Waals surface area contributed by atoms with Gasteiger partial charge in [0.15, 0.2) is 0 Å². The molecule has 2 heterocycles. The van der Waals surface area contributed by atoms with Crippen molar-refractivity contribution in [1.29, 1.82) is 0 Å². The van der Waals surface area contributed by atoms with Crippen LogP contribution in [0.25, 0.3) is 28.2 Å². The average molecular weight is 453 g/mol. The molecule has 2 aliphatic rings. The van der Waals surface area contributed by atoms with Gasteiger partial charge in [0.25, 0.3) is 0 Å². The van der Waals surface area contributed by atoms with E-state index in [0.717, 1.165) is 41.0 Å². The molecule has 0 atom stereocenters. The lowest BCUT2D eigenvalue weighted by Gasteiger charge is -2.38. The summed E-state index contributed by atoms with van der Waals surface area (Å²) >= 11 is 0. The number of rotatable bonds is 6. The lowest BCUT2D eigenvalue weighted by Crippen LogP contribution is -2.43. The van der Waals surface area contributed by atoms with Crippen molar-refractivity contribution in [3.63, 3.8) is 0 Å². The molecular weight excluding hydrogens is 424 g/mol. The van der Waals surface area contributed by atoms with Crippen LogP contribution in [0.4, 0.5) is 4.79 Å². The van der Waals surface area contributed by atoms with Crippen molar-refractivity contribution in [2.45, 2.75) is 37.6 Å². The number of nitrogens with one attached hydrogen (secondary N) is 1. The Bertz CT molecular complexity index is 1340. The zero-order chi connectivity index (χ0) is 23.1. The fourth-order valence-electron chi connectivity index (χ4n) is 4.66. The lowest BCUT2D eigenvalue weighted by molar-refractivity contribution is 0.200. The Kier molecular flexibility index (Phi) is 5.11. The zero-order valence-corrected chi connectivity index (χ0v) is 19.0. The van der Waals surface area contributed by atoms with Gasteiger partial charge in [-0.05, 0) is 55.7 Å². The molecule has 0 unspecified atom stereocenters. The number of benzene rings is 2. The number of carbonyl (C=O) groups is 1. The van der Waals surface area contributed by atoms with Crippen molar-refractivity contribution >= 4 is 11.7 Å². The normalized spacial score (nSPS) is 16.7. The Labute approximate surface area is 198 Å². The van der Waals surface area contributed by atoms with E-state index >= 15 is 0 Å². The Morgan fingerprint density at radius 1 is 1.03 bits per heavy atom. The summed E-state index contributed by atoms with van der Waals surface area (Å²) in [5, 5.41) is 2.85. The van der Waals surface area contributed by atoms with Crippen LogP contribution in [0.5, 0.6) is 5.75 Å². The first-order chi connectivity index (χ1) is 16.6. The Morgan fingerprint density at radius 2 is 1.79 bits per heavy atom. The first kappa shape index (κ1) is 20.9. The average Bonchev–Trinajstić information content (AvgIpc) is 3.60. The van der Waals surface area contributed by atoms with Crippen molar-refractivity contribution in [1.82, 2.24) is 14.7 Å². The van der Waals surface area contributed by atoms with Crippen LogP contribution in [0.1, 0.15) is 37.7 Å². The molecule has 2 aromatic heterocycles. The second-order valence-electron chi connectivity index (χ2n) is 9.57. The predicted octanol–water partition coefficient (Wildman–Crippen LogP) is 5.50. The summed E-state index contributed by atoms with van der Waals surface area (Å²) < 4.78 is 7.56. The molecule has 6 rings (SSSR count). The summed E-state index contributed by atoms with van der Waals surface area (Å²) in [4.78, 5) is 17.2. The van der Waals surface area contributed by atoms with E-state index in [2.05, 4.69) is 41.7 Å². The van der Waals surface area contributed by atoms with Crippen LogP contribution in [0, 0.1) is 5.92 Å². The van der Waals surface area contributed by atoms with E-state index in [0.29, 0.717) is 18.2 Å². The summed E-state index contributed by atoms with van der Waals surface area (Å²) in [5.74, 6) is 1.08. The fraction of sp³-hybridized carbons (Fsp3) is 0.286. The smallest absolute Gasteiger partial charge is 0.409 e. The highest BCUT2D eigenvalue weighted by atomic mass is 16.6. The van der Waals surface area contributed by atoms with Crippen molar-refractivity contribution < 1.29 is 9.53 Å². The highest BCUT2D eigenvalue weighted by Gasteiger charge is 2.34. The molecule has 0 radical (unpaired) electrons. The van der Waals surface area contributed by atoms with Gasteiger partial charge < -0.3 is 15.8 Å². The first-order valence-corrected chi connectivity index (χ1v) is 12.0. The summed E-state index contributed by atoms with van der Waals surface area (Å²) in [5.41, 5.74) is 12.2. The summed E-state index contributed by atoms with van der Waals surface area (Å²) in [6.07, 6.45) is 7.03. The Balaban J connectivity index is 1.38.